The second-order valence-electron chi connectivity index (χ2n) is 8.65. The Labute approximate surface area is 203 Å². The largest absolute Gasteiger partial charge is 0.462 e. The molecular weight excluding hydrogens is 458 g/mol. The highest BCUT2D eigenvalue weighted by Gasteiger charge is 2.28. The lowest BCUT2D eigenvalue weighted by atomic mass is 9.95. The molecule has 0 aliphatic heterocycles. The predicted molar refractivity (Wildman–Crippen MR) is 128 cm³/mol. The van der Waals surface area contributed by atoms with Crippen LogP contribution >= 0.6 is 11.3 Å². The van der Waals surface area contributed by atoms with Crippen LogP contribution in [0.25, 0.3) is 0 Å². The molecule has 2 rings (SSSR count). The summed E-state index contributed by atoms with van der Waals surface area (Å²) in [5.41, 5.74) is 0.606. The highest BCUT2D eigenvalue weighted by atomic mass is 32.1. The summed E-state index contributed by atoms with van der Waals surface area (Å²) < 4.78 is 10.2. The van der Waals surface area contributed by atoms with Gasteiger partial charge in [0, 0.05) is 5.41 Å². The number of nitrogens with zero attached hydrogens (tertiary/aromatic N) is 2. The van der Waals surface area contributed by atoms with Crippen molar-refractivity contribution in [3.63, 3.8) is 0 Å². The van der Waals surface area contributed by atoms with E-state index in [1.807, 2.05) is 30.3 Å². The molecule has 0 saturated carbocycles. The van der Waals surface area contributed by atoms with E-state index in [1.54, 1.807) is 34.6 Å². The average molecular weight is 490 g/mol. The summed E-state index contributed by atoms with van der Waals surface area (Å²) in [5.74, 6) is -2.06. The number of anilines is 1. The maximum absolute atomic E-state index is 13.1. The molecule has 1 aromatic heterocycles. The molecule has 0 spiro atoms. The van der Waals surface area contributed by atoms with Gasteiger partial charge in [-0.05, 0) is 26.3 Å². The fraction of sp³-hybridized carbons (Fsp3) is 0.458. The number of esters is 2. The minimum absolute atomic E-state index is 0.169. The number of aromatic nitrogens is 1. The van der Waals surface area contributed by atoms with Crippen molar-refractivity contribution in [3.8, 4) is 0 Å². The van der Waals surface area contributed by atoms with E-state index in [0.717, 1.165) is 16.9 Å². The molecule has 184 valence electrons. The Hall–Kier alpha value is -3.27. The lowest BCUT2D eigenvalue weighted by Crippen LogP contribution is -2.45. The van der Waals surface area contributed by atoms with Crippen molar-refractivity contribution in [1.82, 2.24) is 10.3 Å². The molecule has 0 fully saturated rings. The molecule has 1 aromatic carbocycles. The molecule has 1 N–H and O–H groups in total. The Morgan fingerprint density at radius 2 is 1.76 bits per heavy atom. The summed E-state index contributed by atoms with van der Waals surface area (Å²) >= 11 is 1.04. The topological polar surface area (TPSA) is 115 Å². The van der Waals surface area contributed by atoms with Gasteiger partial charge in [0.1, 0.15) is 10.9 Å². The zero-order chi connectivity index (χ0) is 25.5. The van der Waals surface area contributed by atoms with Crippen LogP contribution in [-0.2, 0) is 30.4 Å². The lowest BCUT2D eigenvalue weighted by molar-refractivity contribution is -0.151. The van der Waals surface area contributed by atoms with Crippen LogP contribution in [0, 0.1) is 12.3 Å². The molecule has 10 heteroatoms. The number of amides is 2. The Kier molecular flexibility index (Phi) is 9.31. The fourth-order valence-corrected chi connectivity index (χ4v) is 3.70. The van der Waals surface area contributed by atoms with Crippen LogP contribution in [0.3, 0.4) is 0 Å². The van der Waals surface area contributed by atoms with Gasteiger partial charge in [0.25, 0.3) is 5.91 Å². The van der Waals surface area contributed by atoms with Crippen LogP contribution in [-0.4, -0.2) is 48.0 Å². The second-order valence-corrected chi connectivity index (χ2v) is 9.63. The van der Waals surface area contributed by atoms with Crippen molar-refractivity contribution in [3.05, 3.63) is 46.5 Å². The van der Waals surface area contributed by atoms with Gasteiger partial charge in [-0.15, -0.1) is 0 Å². The third-order valence-electron chi connectivity index (χ3n) is 4.68. The first-order valence-corrected chi connectivity index (χ1v) is 11.7. The van der Waals surface area contributed by atoms with E-state index in [4.69, 9.17) is 9.47 Å². The minimum Gasteiger partial charge on any atom is -0.462 e. The van der Waals surface area contributed by atoms with Gasteiger partial charge in [-0.3, -0.25) is 14.5 Å². The van der Waals surface area contributed by atoms with Gasteiger partial charge in [-0.25, -0.2) is 14.6 Å². The number of ether oxygens (including phenoxy) is 2. The number of carbonyl (C=O) groups is 4. The van der Waals surface area contributed by atoms with E-state index in [9.17, 15) is 19.2 Å². The van der Waals surface area contributed by atoms with Crippen molar-refractivity contribution in [2.45, 2.75) is 54.1 Å². The number of hydrogen-bond acceptors (Lipinski definition) is 8. The molecule has 2 amide bonds. The quantitative estimate of drug-likeness (QED) is 0.538. The molecule has 0 saturated heterocycles. The van der Waals surface area contributed by atoms with Crippen molar-refractivity contribution in [1.29, 1.82) is 0 Å². The summed E-state index contributed by atoms with van der Waals surface area (Å²) in [5, 5.41) is 2.87. The summed E-state index contributed by atoms with van der Waals surface area (Å²) in [4.78, 5) is 55.8. The smallest absolute Gasteiger partial charge is 0.350 e. The molecule has 1 atom stereocenters. The Balaban J connectivity index is 2.17. The highest BCUT2D eigenvalue weighted by Crippen LogP contribution is 2.28. The fourth-order valence-electron chi connectivity index (χ4n) is 2.72. The zero-order valence-corrected chi connectivity index (χ0v) is 21.2. The standard InChI is InChI=1S/C24H31N3O6S/c1-7-32-21(30)19-15(2)26-23(34-19)27(13-17-11-9-8-10-12-17)18(28)14-33-20(29)16(3)25-22(31)24(4,5)6/h8-12,16H,7,13-14H2,1-6H3,(H,25,31). The first-order chi connectivity index (χ1) is 15.9. The molecule has 34 heavy (non-hydrogen) atoms. The van der Waals surface area contributed by atoms with Crippen LogP contribution in [0.4, 0.5) is 5.13 Å². The van der Waals surface area contributed by atoms with Gasteiger partial charge in [-0.1, -0.05) is 62.4 Å². The summed E-state index contributed by atoms with van der Waals surface area (Å²) in [6.07, 6.45) is 0. The SMILES string of the molecule is CCOC(=O)c1sc(N(Cc2ccccc2)C(=O)COC(=O)C(C)NC(=O)C(C)(C)C)nc1C. The van der Waals surface area contributed by atoms with Gasteiger partial charge in [0.2, 0.25) is 5.91 Å². The Bertz CT molecular complexity index is 1030. The molecule has 1 heterocycles. The molecule has 9 nitrogen and oxygen atoms in total. The van der Waals surface area contributed by atoms with Crippen molar-refractivity contribution in [2.75, 3.05) is 18.1 Å². The molecule has 0 aliphatic rings. The van der Waals surface area contributed by atoms with Gasteiger partial charge in [-0.2, -0.15) is 0 Å². The van der Waals surface area contributed by atoms with Gasteiger partial charge >= 0.3 is 11.9 Å². The van der Waals surface area contributed by atoms with E-state index in [2.05, 4.69) is 10.3 Å². The van der Waals surface area contributed by atoms with Crippen LogP contribution in [0.2, 0.25) is 0 Å². The minimum atomic E-state index is -0.917. The van der Waals surface area contributed by atoms with E-state index in [1.165, 1.54) is 11.8 Å². The third-order valence-corrected chi connectivity index (χ3v) is 5.84. The van der Waals surface area contributed by atoms with Crippen LogP contribution in [0.5, 0.6) is 0 Å². The molecule has 0 bridgehead atoms. The van der Waals surface area contributed by atoms with Crippen LogP contribution < -0.4 is 10.2 Å². The number of carbonyl (C=O) groups excluding carboxylic acids is 4. The monoisotopic (exact) mass is 489 g/mol. The van der Waals surface area contributed by atoms with Crippen LogP contribution in [0.1, 0.15) is 55.5 Å². The molecule has 0 aliphatic carbocycles. The molecule has 1 unspecified atom stereocenters. The van der Waals surface area contributed by atoms with Gasteiger partial charge < -0.3 is 14.8 Å². The number of nitrogens with one attached hydrogen (secondary N) is 1. The lowest BCUT2D eigenvalue weighted by Gasteiger charge is -2.22. The normalized spacial score (nSPS) is 11.9. The molecule has 2 aromatic rings. The van der Waals surface area contributed by atoms with E-state index in [0.29, 0.717) is 15.7 Å². The first-order valence-electron chi connectivity index (χ1n) is 10.9. The van der Waals surface area contributed by atoms with E-state index < -0.39 is 35.9 Å². The third kappa shape index (κ3) is 7.38. The van der Waals surface area contributed by atoms with Crippen molar-refractivity contribution >= 4 is 40.2 Å². The number of aryl methyl sites for hydroxylation is 1. The number of rotatable bonds is 9. The van der Waals surface area contributed by atoms with Gasteiger partial charge in [0.15, 0.2) is 11.7 Å². The average Bonchev–Trinajstić information content (AvgIpc) is 3.17. The zero-order valence-electron chi connectivity index (χ0n) is 20.3. The van der Waals surface area contributed by atoms with Crippen LogP contribution in [0.15, 0.2) is 30.3 Å². The second kappa shape index (κ2) is 11.7. The number of benzene rings is 1. The Morgan fingerprint density at radius 1 is 1.12 bits per heavy atom. The maximum Gasteiger partial charge on any atom is 0.350 e. The maximum atomic E-state index is 13.1. The van der Waals surface area contributed by atoms with E-state index in [-0.39, 0.29) is 19.1 Å². The first kappa shape index (κ1) is 27.0. The van der Waals surface area contributed by atoms with E-state index >= 15 is 0 Å². The molecule has 0 radical (unpaired) electrons. The predicted octanol–water partition coefficient (Wildman–Crippen LogP) is 3.26. The van der Waals surface area contributed by atoms with Crippen molar-refractivity contribution < 1.29 is 28.7 Å². The summed E-state index contributed by atoms with van der Waals surface area (Å²) in [6, 6.07) is 8.33. The number of thiazole rings is 1. The van der Waals surface area contributed by atoms with Gasteiger partial charge in [0.05, 0.1) is 18.8 Å². The number of hydrogen-bond donors (Lipinski definition) is 1. The Morgan fingerprint density at radius 3 is 2.35 bits per heavy atom. The van der Waals surface area contributed by atoms with Crippen molar-refractivity contribution in [2.24, 2.45) is 5.41 Å². The highest BCUT2D eigenvalue weighted by molar-refractivity contribution is 7.17. The summed E-state index contributed by atoms with van der Waals surface area (Å²) in [7, 11) is 0. The molecular formula is C24H31N3O6S. The summed E-state index contributed by atoms with van der Waals surface area (Å²) in [6.45, 7) is 9.89.